The van der Waals surface area contributed by atoms with Crippen molar-refractivity contribution in [2.45, 2.75) is 40.2 Å². The van der Waals surface area contributed by atoms with E-state index in [1.807, 2.05) is 4.90 Å². The normalized spacial score (nSPS) is 25.9. The molecule has 0 radical (unpaired) electrons. The Morgan fingerprint density at radius 3 is 2.36 bits per heavy atom. The van der Waals surface area contributed by atoms with Crippen LogP contribution in [0.5, 0.6) is 0 Å². The maximum absolute atomic E-state index is 11.6. The summed E-state index contributed by atoms with van der Waals surface area (Å²) in [6.45, 7) is 11.5. The first-order valence-corrected chi connectivity index (χ1v) is 8.57. The summed E-state index contributed by atoms with van der Waals surface area (Å²) in [5.74, 6) is 1.79. The Kier molecular flexibility index (Phi) is 4.53. The van der Waals surface area contributed by atoms with Crippen LogP contribution in [0.4, 0.5) is 0 Å². The van der Waals surface area contributed by atoms with Gasteiger partial charge in [0.25, 0.3) is 0 Å². The molecule has 0 aromatic heterocycles. The van der Waals surface area contributed by atoms with Gasteiger partial charge in [0.1, 0.15) is 0 Å². The Balaban J connectivity index is 1.62. The number of likely N-dealkylation sites (tertiary alicyclic amines) is 2. The van der Waals surface area contributed by atoms with E-state index in [1.165, 1.54) is 42.6 Å². The zero-order chi connectivity index (χ0) is 15.7. The van der Waals surface area contributed by atoms with E-state index in [-0.39, 0.29) is 5.91 Å². The Morgan fingerprint density at radius 2 is 1.77 bits per heavy atom. The molecule has 0 spiro atoms. The molecule has 3 heteroatoms. The Labute approximate surface area is 134 Å². The number of carbonyl (C=O) groups is 1. The van der Waals surface area contributed by atoms with Gasteiger partial charge < -0.3 is 4.90 Å². The zero-order valence-corrected chi connectivity index (χ0v) is 14.1. The molecule has 2 heterocycles. The first-order valence-electron chi connectivity index (χ1n) is 8.57. The van der Waals surface area contributed by atoms with Gasteiger partial charge in [-0.1, -0.05) is 23.8 Å². The Hall–Kier alpha value is -1.35. The van der Waals surface area contributed by atoms with E-state index in [4.69, 9.17) is 0 Å². The maximum atomic E-state index is 11.6. The van der Waals surface area contributed by atoms with E-state index < -0.39 is 0 Å². The second-order valence-corrected chi connectivity index (χ2v) is 7.23. The van der Waals surface area contributed by atoms with Crippen LogP contribution in [0.25, 0.3) is 0 Å². The molecule has 0 bridgehead atoms. The van der Waals surface area contributed by atoms with Gasteiger partial charge in [-0.25, -0.2) is 0 Å². The summed E-state index contributed by atoms with van der Waals surface area (Å²) >= 11 is 0. The monoisotopic (exact) mass is 300 g/mol. The van der Waals surface area contributed by atoms with Gasteiger partial charge in [-0.05, 0) is 49.7 Å². The van der Waals surface area contributed by atoms with Crippen molar-refractivity contribution in [2.75, 3.05) is 26.2 Å². The first-order chi connectivity index (χ1) is 10.5. The molecule has 2 atom stereocenters. The SMILES string of the molecule is CC(=O)N1CC[C@@H]2CN(Cc3cc(C)ccc3C)C[C@@H]2CC1. The minimum Gasteiger partial charge on any atom is -0.343 e. The molecule has 22 heavy (non-hydrogen) atoms. The molecule has 2 saturated heterocycles. The minimum atomic E-state index is 0.243. The quantitative estimate of drug-likeness (QED) is 0.838. The van der Waals surface area contributed by atoms with Crippen molar-refractivity contribution in [1.82, 2.24) is 9.80 Å². The van der Waals surface area contributed by atoms with Crippen LogP contribution in [0.3, 0.4) is 0 Å². The number of aryl methyl sites for hydroxylation is 2. The van der Waals surface area contributed by atoms with Crippen molar-refractivity contribution in [1.29, 1.82) is 0 Å². The number of rotatable bonds is 2. The number of amides is 1. The van der Waals surface area contributed by atoms with Crippen molar-refractivity contribution in [3.63, 3.8) is 0 Å². The third kappa shape index (κ3) is 3.35. The van der Waals surface area contributed by atoms with Crippen LogP contribution in [-0.2, 0) is 11.3 Å². The summed E-state index contributed by atoms with van der Waals surface area (Å²) in [7, 11) is 0. The fraction of sp³-hybridized carbons (Fsp3) is 0.632. The van der Waals surface area contributed by atoms with Crippen LogP contribution in [0.15, 0.2) is 18.2 Å². The zero-order valence-electron chi connectivity index (χ0n) is 14.1. The largest absolute Gasteiger partial charge is 0.343 e. The molecule has 1 aromatic carbocycles. The van der Waals surface area contributed by atoms with Crippen LogP contribution in [0, 0.1) is 25.7 Å². The third-order valence-electron chi connectivity index (χ3n) is 5.54. The summed E-state index contributed by atoms with van der Waals surface area (Å²) in [4.78, 5) is 16.2. The Morgan fingerprint density at radius 1 is 1.14 bits per heavy atom. The summed E-state index contributed by atoms with van der Waals surface area (Å²) in [5.41, 5.74) is 4.23. The smallest absolute Gasteiger partial charge is 0.219 e. The lowest BCUT2D eigenvalue weighted by atomic mass is 9.92. The molecular weight excluding hydrogens is 272 g/mol. The highest BCUT2D eigenvalue weighted by molar-refractivity contribution is 5.73. The lowest BCUT2D eigenvalue weighted by Gasteiger charge is -2.21. The van der Waals surface area contributed by atoms with Crippen LogP contribution >= 0.6 is 0 Å². The van der Waals surface area contributed by atoms with E-state index in [9.17, 15) is 4.79 Å². The summed E-state index contributed by atoms with van der Waals surface area (Å²) in [6.07, 6.45) is 2.35. The molecule has 1 aromatic rings. The second kappa shape index (κ2) is 6.41. The van der Waals surface area contributed by atoms with Crippen molar-refractivity contribution >= 4 is 5.91 Å². The number of hydrogen-bond acceptors (Lipinski definition) is 2. The molecular formula is C19H28N2O. The van der Waals surface area contributed by atoms with Gasteiger partial charge in [-0.3, -0.25) is 9.69 Å². The highest BCUT2D eigenvalue weighted by atomic mass is 16.2. The second-order valence-electron chi connectivity index (χ2n) is 7.23. The molecule has 0 N–H and O–H groups in total. The van der Waals surface area contributed by atoms with Crippen LogP contribution in [-0.4, -0.2) is 41.9 Å². The number of nitrogens with zero attached hydrogens (tertiary/aromatic N) is 2. The molecule has 0 aliphatic carbocycles. The molecule has 1 amide bonds. The predicted molar refractivity (Wildman–Crippen MR) is 89.7 cm³/mol. The summed E-state index contributed by atoms with van der Waals surface area (Å²) in [5, 5.41) is 0. The van der Waals surface area contributed by atoms with Gasteiger partial charge in [0.15, 0.2) is 0 Å². The molecule has 3 nitrogen and oxygen atoms in total. The van der Waals surface area contributed by atoms with Gasteiger partial charge in [-0.15, -0.1) is 0 Å². The molecule has 0 saturated carbocycles. The van der Waals surface area contributed by atoms with E-state index in [0.29, 0.717) is 0 Å². The number of fused-ring (bicyclic) bond motifs is 1. The van der Waals surface area contributed by atoms with Crippen molar-refractivity contribution in [2.24, 2.45) is 11.8 Å². The van der Waals surface area contributed by atoms with Crippen LogP contribution in [0.2, 0.25) is 0 Å². The van der Waals surface area contributed by atoms with Crippen molar-refractivity contribution < 1.29 is 4.79 Å². The van der Waals surface area contributed by atoms with Gasteiger partial charge in [0.2, 0.25) is 5.91 Å². The van der Waals surface area contributed by atoms with E-state index in [1.54, 1.807) is 6.92 Å². The predicted octanol–water partition coefficient (Wildman–Crippen LogP) is 2.99. The minimum absolute atomic E-state index is 0.243. The van der Waals surface area contributed by atoms with E-state index in [2.05, 4.69) is 36.9 Å². The fourth-order valence-electron chi connectivity index (χ4n) is 4.10. The maximum Gasteiger partial charge on any atom is 0.219 e. The standard InChI is InChI=1S/C19H28N2O/c1-14-4-5-15(2)19(10-14)13-20-11-17-6-8-21(16(3)22)9-7-18(17)12-20/h4-5,10,17-18H,6-9,11-13H2,1-3H3/t17-,18+. The summed E-state index contributed by atoms with van der Waals surface area (Å²) in [6, 6.07) is 6.77. The molecule has 2 aliphatic heterocycles. The van der Waals surface area contributed by atoms with Crippen molar-refractivity contribution in [3.8, 4) is 0 Å². The lowest BCUT2D eigenvalue weighted by Crippen LogP contribution is -2.31. The molecule has 3 rings (SSSR count). The van der Waals surface area contributed by atoms with Gasteiger partial charge >= 0.3 is 0 Å². The summed E-state index contributed by atoms with van der Waals surface area (Å²) < 4.78 is 0. The van der Waals surface area contributed by atoms with Crippen molar-refractivity contribution in [3.05, 3.63) is 34.9 Å². The van der Waals surface area contributed by atoms with Gasteiger partial charge in [-0.2, -0.15) is 0 Å². The van der Waals surface area contributed by atoms with Gasteiger partial charge in [0, 0.05) is 39.6 Å². The fourth-order valence-corrected chi connectivity index (χ4v) is 4.10. The topological polar surface area (TPSA) is 23.6 Å². The molecule has 120 valence electrons. The highest BCUT2D eigenvalue weighted by Crippen LogP contribution is 2.32. The molecule has 0 unspecified atom stereocenters. The van der Waals surface area contributed by atoms with E-state index >= 15 is 0 Å². The molecule has 2 fully saturated rings. The third-order valence-corrected chi connectivity index (χ3v) is 5.54. The lowest BCUT2D eigenvalue weighted by molar-refractivity contribution is -0.128. The number of benzene rings is 1. The average molecular weight is 300 g/mol. The Bertz CT molecular complexity index is 538. The highest BCUT2D eigenvalue weighted by Gasteiger charge is 2.35. The van der Waals surface area contributed by atoms with E-state index in [0.717, 1.165) is 31.5 Å². The number of carbonyl (C=O) groups excluding carboxylic acids is 1. The van der Waals surface area contributed by atoms with Gasteiger partial charge in [0.05, 0.1) is 0 Å². The number of hydrogen-bond donors (Lipinski definition) is 0. The first kappa shape index (κ1) is 15.5. The molecule has 2 aliphatic rings. The van der Waals surface area contributed by atoms with Crippen LogP contribution < -0.4 is 0 Å². The average Bonchev–Trinajstić information content (AvgIpc) is 2.74. The van der Waals surface area contributed by atoms with Crippen LogP contribution in [0.1, 0.15) is 36.5 Å².